The molecule has 0 aromatic rings. The minimum atomic E-state index is -0.338. The molecule has 0 aromatic heterocycles. The number of aliphatic hydroxyl groups excluding tert-OH is 1. The summed E-state index contributed by atoms with van der Waals surface area (Å²) in [6.45, 7) is 3.43. The molecule has 0 radical (unpaired) electrons. The fourth-order valence-electron chi connectivity index (χ4n) is 3.67. The van der Waals surface area contributed by atoms with Crippen LogP contribution in [0.4, 0.5) is 0 Å². The third-order valence-corrected chi connectivity index (χ3v) is 5.10. The van der Waals surface area contributed by atoms with Crippen molar-refractivity contribution in [2.45, 2.75) is 56.7 Å². The Morgan fingerprint density at radius 2 is 1.70 bits per heavy atom. The monoisotopic (exact) mass is 282 g/mol. The number of hydrogen-bond acceptors (Lipinski definition) is 4. The van der Waals surface area contributed by atoms with Crippen molar-refractivity contribution in [1.29, 1.82) is 0 Å². The quantitative estimate of drug-likeness (QED) is 0.703. The van der Waals surface area contributed by atoms with Crippen molar-refractivity contribution in [3.05, 3.63) is 0 Å². The first-order valence-corrected chi connectivity index (χ1v) is 8.41. The number of β-amino-alcohol motifs (C(OH)–C–C–N with tert-alkyl or cyclic N) is 1. The highest BCUT2D eigenvalue weighted by molar-refractivity contribution is 4.98. The molecule has 1 atom stereocenters. The molecule has 116 valence electrons. The van der Waals surface area contributed by atoms with Gasteiger partial charge in [0.05, 0.1) is 12.7 Å². The number of aliphatic hydroxyl groups is 1. The number of rotatable bonds is 8. The summed E-state index contributed by atoms with van der Waals surface area (Å²) >= 11 is 0. The van der Waals surface area contributed by atoms with E-state index in [1.807, 2.05) is 0 Å². The summed E-state index contributed by atoms with van der Waals surface area (Å²) < 4.78 is 5.00. The Bertz CT molecular complexity index is 285. The number of ether oxygens (including phenoxy) is 1. The molecule has 3 rings (SSSR count). The summed E-state index contributed by atoms with van der Waals surface area (Å²) in [5.74, 6) is 1.98. The van der Waals surface area contributed by atoms with E-state index in [1.165, 1.54) is 38.5 Å². The zero-order valence-corrected chi connectivity index (χ0v) is 12.8. The standard InChI is InChI=1S/C16H30N2O2/c1-20-11-15(19)10-18-8-6-14(7-9-18)17-16(12-2-3-12)13-4-5-13/h12-17,19H,2-11H2,1H3. The van der Waals surface area contributed by atoms with Crippen molar-refractivity contribution in [3.8, 4) is 0 Å². The van der Waals surface area contributed by atoms with E-state index >= 15 is 0 Å². The Hall–Kier alpha value is -0.160. The Kier molecular flexibility index (Phi) is 4.97. The number of nitrogens with one attached hydrogen (secondary N) is 1. The van der Waals surface area contributed by atoms with Gasteiger partial charge < -0.3 is 20.1 Å². The average Bonchev–Trinajstić information content (AvgIpc) is 3.30. The van der Waals surface area contributed by atoms with Crippen LogP contribution in [0.2, 0.25) is 0 Å². The lowest BCUT2D eigenvalue weighted by Crippen LogP contribution is -2.49. The number of piperidine rings is 1. The third-order valence-electron chi connectivity index (χ3n) is 5.10. The lowest BCUT2D eigenvalue weighted by Gasteiger charge is -2.35. The molecule has 3 fully saturated rings. The molecule has 1 aliphatic heterocycles. The van der Waals surface area contributed by atoms with Gasteiger partial charge in [-0.15, -0.1) is 0 Å². The maximum absolute atomic E-state index is 9.79. The van der Waals surface area contributed by atoms with E-state index in [-0.39, 0.29) is 6.10 Å². The van der Waals surface area contributed by atoms with Crippen LogP contribution in [-0.2, 0) is 4.74 Å². The zero-order chi connectivity index (χ0) is 13.9. The van der Waals surface area contributed by atoms with Crippen molar-refractivity contribution in [2.75, 3.05) is 33.4 Å². The number of nitrogens with zero attached hydrogens (tertiary/aromatic N) is 1. The van der Waals surface area contributed by atoms with Crippen LogP contribution in [0.3, 0.4) is 0 Å². The SMILES string of the molecule is COCC(O)CN1CCC(NC(C2CC2)C2CC2)CC1. The second-order valence-electron chi connectivity index (χ2n) is 7.05. The number of hydrogen-bond donors (Lipinski definition) is 2. The van der Waals surface area contributed by atoms with Gasteiger partial charge in [0.2, 0.25) is 0 Å². The molecule has 1 heterocycles. The van der Waals surface area contributed by atoms with Gasteiger partial charge in [0.15, 0.2) is 0 Å². The van der Waals surface area contributed by atoms with Crippen molar-refractivity contribution in [1.82, 2.24) is 10.2 Å². The Labute approximate surface area is 122 Å². The maximum Gasteiger partial charge on any atom is 0.0900 e. The highest BCUT2D eigenvalue weighted by Gasteiger charge is 2.42. The normalized spacial score (nSPS) is 27.1. The minimum absolute atomic E-state index is 0.338. The van der Waals surface area contributed by atoms with Crippen LogP contribution < -0.4 is 5.32 Å². The lowest BCUT2D eigenvalue weighted by atomic mass is 10.00. The van der Waals surface area contributed by atoms with Gasteiger partial charge in [0, 0.05) is 25.7 Å². The van der Waals surface area contributed by atoms with Crippen LogP contribution in [0.25, 0.3) is 0 Å². The first-order chi connectivity index (χ1) is 9.76. The topological polar surface area (TPSA) is 44.7 Å². The maximum atomic E-state index is 9.79. The molecular weight excluding hydrogens is 252 g/mol. The Morgan fingerprint density at radius 3 is 2.20 bits per heavy atom. The van der Waals surface area contributed by atoms with Gasteiger partial charge in [-0.25, -0.2) is 0 Å². The largest absolute Gasteiger partial charge is 0.389 e. The molecule has 4 heteroatoms. The molecule has 1 unspecified atom stereocenters. The molecular formula is C16H30N2O2. The summed E-state index contributed by atoms with van der Waals surface area (Å²) in [6.07, 6.45) is 7.94. The zero-order valence-electron chi connectivity index (χ0n) is 12.8. The minimum Gasteiger partial charge on any atom is -0.389 e. The van der Waals surface area contributed by atoms with Crippen LogP contribution in [-0.4, -0.2) is 61.5 Å². The van der Waals surface area contributed by atoms with Gasteiger partial charge in [-0.05, 0) is 63.5 Å². The molecule has 4 nitrogen and oxygen atoms in total. The van der Waals surface area contributed by atoms with Crippen LogP contribution in [0.5, 0.6) is 0 Å². The summed E-state index contributed by atoms with van der Waals surface area (Å²) in [5.41, 5.74) is 0. The molecule has 0 spiro atoms. The number of methoxy groups -OCH3 is 1. The van der Waals surface area contributed by atoms with Gasteiger partial charge in [-0.1, -0.05) is 0 Å². The van der Waals surface area contributed by atoms with Crippen molar-refractivity contribution in [2.24, 2.45) is 11.8 Å². The Morgan fingerprint density at radius 1 is 1.10 bits per heavy atom. The van der Waals surface area contributed by atoms with Crippen molar-refractivity contribution < 1.29 is 9.84 Å². The highest BCUT2D eigenvalue weighted by Crippen LogP contribution is 2.44. The van der Waals surface area contributed by atoms with Gasteiger partial charge in [0.1, 0.15) is 0 Å². The third kappa shape index (κ3) is 4.17. The van der Waals surface area contributed by atoms with Crippen molar-refractivity contribution >= 4 is 0 Å². The van der Waals surface area contributed by atoms with E-state index in [0.717, 1.165) is 37.5 Å². The summed E-state index contributed by atoms with van der Waals surface area (Å²) in [4.78, 5) is 2.38. The van der Waals surface area contributed by atoms with E-state index in [4.69, 9.17) is 4.74 Å². The molecule has 2 saturated carbocycles. The predicted octanol–water partition coefficient (Wildman–Crippen LogP) is 1.24. The van der Waals surface area contributed by atoms with E-state index in [2.05, 4.69) is 10.2 Å². The van der Waals surface area contributed by atoms with Crippen LogP contribution in [0, 0.1) is 11.8 Å². The molecule has 1 saturated heterocycles. The van der Waals surface area contributed by atoms with Crippen LogP contribution in [0.15, 0.2) is 0 Å². The fourth-order valence-corrected chi connectivity index (χ4v) is 3.67. The molecule has 20 heavy (non-hydrogen) atoms. The van der Waals surface area contributed by atoms with E-state index < -0.39 is 0 Å². The molecule has 0 amide bonds. The van der Waals surface area contributed by atoms with Crippen LogP contribution in [0.1, 0.15) is 38.5 Å². The average molecular weight is 282 g/mol. The van der Waals surface area contributed by atoms with E-state index in [9.17, 15) is 5.11 Å². The Balaban J connectivity index is 1.37. The highest BCUT2D eigenvalue weighted by atomic mass is 16.5. The van der Waals surface area contributed by atoms with E-state index in [0.29, 0.717) is 12.6 Å². The fraction of sp³-hybridized carbons (Fsp3) is 1.00. The van der Waals surface area contributed by atoms with Gasteiger partial charge >= 0.3 is 0 Å². The molecule has 2 N–H and O–H groups in total. The molecule has 0 bridgehead atoms. The van der Waals surface area contributed by atoms with E-state index in [1.54, 1.807) is 7.11 Å². The van der Waals surface area contributed by atoms with Gasteiger partial charge in [-0.3, -0.25) is 0 Å². The molecule has 0 aromatic carbocycles. The van der Waals surface area contributed by atoms with Gasteiger partial charge in [-0.2, -0.15) is 0 Å². The summed E-state index contributed by atoms with van der Waals surface area (Å²) in [5, 5.41) is 13.8. The smallest absolute Gasteiger partial charge is 0.0900 e. The first kappa shape index (κ1) is 14.8. The second-order valence-corrected chi connectivity index (χ2v) is 7.05. The summed E-state index contributed by atoms with van der Waals surface area (Å²) in [6, 6.07) is 1.53. The van der Waals surface area contributed by atoms with Crippen LogP contribution >= 0.6 is 0 Å². The molecule has 2 aliphatic carbocycles. The lowest BCUT2D eigenvalue weighted by molar-refractivity contribution is 0.0305. The second kappa shape index (κ2) is 6.73. The molecule has 3 aliphatic rings. The van der Waals surface area contributed by atoms with Gasteiger partial charge in [0.25, 0.3) is 0 Å². The summed E-state index contributed by atoms with van der Waals surface area (Å²) in [7, 11) is 1.65. The van der Waals surface area contributed by atoms with Crippen molar-refractivity contribution in [3.63, 3.8) is 0 Å². The first-order valence-electron chi connectivity index (χ1n) is 8.41. The predicted molar refractivity (Wildman–Crippen MR) is 79.7 cm³/mol. The number of likely N-dealkylation sites (tertiary alicyclic amines) is 1.